The van der Waals surface area contributed by atoms with E-state index in [1.807, 2.05) is 24.0 Å². The van der Waals surface area contributed by atoms with Crippen molar-refractivity contribution < 1.29 is 4.79 Å². The van der Waals surface area contributed by atoms with Crippen molar-refractivity contribution in [1.82, 2.24) is 9.80 Å². The van der Waals surface area contributed by atoms with Crippen molar-refractivity contribution in [3.05, 3.63) is 34.9 Å². The fourth-order valence-electron chi connectivity index (χ4n) is 3.17. The van der Waals surface area contributed by atoms with Gasteiger partial charge in [0.1, 0.15) is 0 Å². The number of carbonyl (C=O) groups is 1. The van der Waals surface area contributed by atoms with Gasteiger partial charge in [0.05, 0.1) is 5.54 Å². The van der Waals surface area contributed by atoms with E-state index in [1.165, 1.54) is 5.56 Å². The van der Waals surface area contributed by atoms with Crippen LogP contribution in [0.25, 0.3) is 0 Å². The van der Waals surface area contributed by atoms with E-state index < -0.39 is 5.54 Å². The van der Waals surface area contributed by atoms with E-state index in [0.717, 1.165) is 57.0 Å². The third kappa shape index (κ3) is 7.32. The number of rotatable bonds is 5. The number of nitrogens with zero attached hydrogens (tertiary/aromatic N) is 2. The second kappa shape index (κ2) is 11.2. The van der Waals surface area contributed by atoms with Gasteiger partial charge in [0, 0.05) is 37.7 Å². The molecular formula is C18H30Cl3N3O. The van der Waals surface area contributed by atoms with Gasteiger partial charge in [-0.25, -0.2) is 0 Å². The van der Waals surface area contributed by atoms with Crippen LogP contribution in [-0.2, 0) is 11.3 Å². The van der Waals surface area contributed by atoms with E-state index in [4.69, 9.17) is 17.3 Å². The number of amides is 1. The lowest BCUT2D eigenvalue weighted by Gasteiger charge is -2.31. The standard InChI is InChI=1S/C18H28ClN3O.2ClH/c1-3-9-18(2,20)17(23)22-11-4-10-21(12-13-22)14-15-5-7-16(19)8-6-15;;/h5-8H,3-4,9-14,20H2,1-2H3;2*1H. The fraction of sp³-hybridized carbons (Fsp3) is 0.611. The third-order valence-corrected chi connectivity index (χ3v) is 4.71. The van der Waals surface area contributed by atoms with Crippen molar-refractivity contribution in [3.8, 4) is 0 Å². The molecule has 0 aliphatic carbocycles. The Morgan fingerprint density at radius 2 is 1.80 bits per heavy atom. The Hall–Kier alpha value is -0.520. The Balaban J connectivity index is 0.00000288. The highest BCUT2D eigenvalue weighted by Gasteiger charge is 2.32. The molecule has 0 spiro atoms. The van der Waals surface area contributed by atoms with Gasteiger partial charge in [-0.15, -0.1) is 24.8 Å². The minimum Gasteiger partial charge on any atom is -0.340 e. The molecule has 1 unspecified atom stereocenters. The molecule has 1 aliphatic heterocycles. The van der Waals surface area contributed by atoms with E-state index in [9.17, 15) is 4.79 Å². The maximum atomic E-state index is 12.6. The predicted octanol–water partition coefficient (Wildman–Crippen LogP) is 3.74. The lowest BCUT2D eigenvalue weighted by Crippen LogP contribution is -2.53. The summed E-state index contributed by atoms with van der Waals surface area (Å²) < 4.78 is 0. The molecular weight excluding hydrogens is 381 g/mol. The normalized spacial score (nSPS) is 17.7. The Morgan fingerprint density at radius 1 is 1.16 bits per heavy atom. The topological polar surface area (TPSA) is 49.6 Å². The highest BCUT2D eigenvalue weighted by molar-refractivity contribution is 6.30. The van der Waals surface area contributed by atoms with Crippen LogP contribution >= 0.6 is 36.4 Å². The van der Waals surface area contributed by atoms with Crippen LogP contribution in [0.3, 0.4) is 0 Å². The molecule has 2 N–H and O–H groups in total. The minimum absolute atomic E-state index is 0. The van der Waals surface area contributed by atoms with Crippen LogP contribution in [0.5, 0.6) is 0 Å². The number of hydrogen-bond acceptors (Lipinski definition) is 3. The van der Waals surface area contributed by atoms with Crippen LogP contribution in [-0.4, -0.2) is 47.4 Å². The van der Waals surface area contributed by atoms with Gasteiger partial charge in [0.2, 0.25) is 5.91 Å². The van der Waals surface area contributed by atoms with Gasteiger partial charge in [-0.3, -0.25) is 9.69 Å². The van der Waals surface area contributed by atoms with E-state index in [1.54, 1.807) is 0 Å². The first-order valence-corrected chi connectivity index (χ1v) is 8.85. The van der Waals surface area contributed by atoms with Crippen molar-refractivity contribution in [3.63, 3.8) is 0 Å². The minimum atomic E-state index is -0.736. The molecule has 1 aromatic carbocycles. The lowest BCUT2D eigenvalue weighted by atomic mass is 9.95. The molecule has 2 rings (SSSR count). The van der Waals surface area contributed by atoms with E-state index in [0.29, 0.717) is 0 Å². The summed E-state index contributed by atoms with van der Waals surface area (Å²) in [7, 11) is 0. The molecule has 1 amide bonds. The molecule has 1 aromatic rings. The molecule has 0 radical (unpaired) electrons. The van der Waals surface area contributed by atoms with Gasteiger partial charge in [-0.1, -0.05) is 37.1 Å². The largest absolute Gasteiger partial charge is 0.340 e. The number of nitrogens with two attached hydrogens (primary N) is 1. The molecule has 25 heavy (non-hydrogen) atoms. The quantitative estimate of drug-likeness (QED) is 0.804. The number of halogens is 3. The first kappa shape index (κ1) is 24.5. The number of benzene rings is 1. The lowest BCUT2D eigenvalue weighted by molar-refractivity contribution is -0.136. The van der Waals surface area contributed by atoms with Gasteiger partial charge >= 0.3 is 0 Å². The average molecular weight is 411 g/mol. The number of carbonyl (C=O) groups excluding carboxylic acids is 1. The summed E-state index contributed by atoms with van der Waals surface area (Å²) >= 11 is 5.93. The van der Waals surface area contributed by atoms with Crippen molar-refractivity contribution >= 4 is 42.3 Å². The molecule has 4 nitrogen and oxygen atoms in total. The SMILES string of the molecule is CCCC(C)(N)C(=O)N1CCCN(Cc2ccc(Cl)cc2)CC1.Cl.Cl. The Kier molecular flexibility index (Phi) is 11.0. The summed E-state index contributed by atoms with van der Waals surface area (Å²) in [4.78, 5) is 17.0. The second-order valence-corrected chi connectivity index (χ2v) is 7.15. The molecule has 144 valence electrons. The highest BCUT2D eigenvalue weighted by Crippen LogP contribution is 2.16. The Morgan fingerprint density at radius 3 is 2.40 bits per heavy atom. The number of hydrogen-bond donors (Lipinski definition) is 1. The Bertz CT molecular complexity index is 523. The van der Waals surface area contributed by atoms with Gasteiger partial charge in [-0.2, -0.15) is 0 Å². The first-order chi connectivity index (χ1) is 10.9. The van der Waals surface area contributed by atoms with Crippen molar-refractivity contribution in [2.75, 3.05) is 26.2 Å². The molecule has 0 aromatic heterocycles. The van der Waals surface area contributed by atoms with Crippen molar-refractivity contribution in [2.45, 2.75) is 45.2 Å². The predicted molar refractivity (Wildman–Crippen MR) is 110 cm³/mol. The van der Waals surface area contributed by atoms with Crippen LogP contribution in [0.2, 0.25) is 5.02 Å². The van der Waals surface area contributed by atoms with Crippen LogP contribution < -0.4 is 5.73 Å². The maximum absolute atomic E-state index is 12.6. The summed E-state index contributed by atoms with van der Waals surface area (Å²) in [5, 5.41) is 0.763. The molecule has 1 fully saturated rings. The molecule has 1 heterocycles. The molecule has 1 saturated heterocycles. The Labute approximate surface area is 168 Å². The zero-order valence-corrected chi connectivity index (χ0v) is 17.4. The zero-order valence-electron chi connectivity index (χ0n) is 15.0. The monoisotopic (exact) mass is 409 g/mol. The molecule has 7 heteroatoms. The van der Waals surface area contributed by atoms with E-state index in [2.05, 4.69) is 24.0 Å². The first-order valence-electron chi connectivity index (χ1n) is 8.47. The summed E-state index contributed by atoms with van der Waals surface area (Å²) in [5.41, 5.74) is 6.73. The van der Waals surface area contributed by atoms with E-state index in [-0.39, 0.29) is 30.7 Å². The van der Waals surface area contributed by atoms with Gasteiger partial charge in [0.15, 0.2) is 0 Å². The third-order valence-electron chi connectivity index (χ3n) is 4.45. The fourth-order valence-corrected chi connectivity index (χ4v) is 3.29. The van der Waals surface area contributed by atoms with Crippen molar-refractivity contribution in [2.24, 2.45) is 5.73 Å². The summed E-state index contributed by atoms with van der Waals surface area (Å²) in [6, 6.07) is 7.98. The average Bonchev–Trinajstić information content (AvgIpc) is 2.74. The van der Waals surface area contributed by atoms with Gasteiger partial charge < -0.3 is 10.6 Å². The van der Waals surface area contributed by atoms with Gasteiger partial charge in [0.25, 0.3) is 0 Å². The molecule has 1 aliphatic rings. The molecule has 0 saturated carbocycles. The molecule has 1 atom stereocenters. The van der Waals surface area contributed by atoms with E-state index >= 15 is 0 Å². The maximum Gasteiger partial charge on any atom is 0.242 e. The van der Waals surface area contributed by atoms with Crippen molar-refractivity contribution in [1.29, 1.82) is 0 Å². The van der Waals surface area contributed by atoms with Crippen LogP contribution in [0, 0.1) is 0 Å². The summed E-state index contributed by atoms with van der Waals surface area (Å²) in [6.07, 6.45) is 2.65. The summed E-state index contributed by atoms with van der Waals surface area (Å²) in [5.74, 6) is 0.0905. The zero-order chi connectivity index (χ0) is 16.9. The molecule has 0 bridgehead atoms. The highest BCUT2D eigenvalue weighted by atomic mass is 35.5. The summed E-state index contributed by atoms with van der Waals surface area (Å²) in [6.45, 7) is 8.26. The smallest absolute Gasteiger partial charge is 0.242 e. The van der Waals surface area contributed by atoms with Gasteiger partial charge in [-0.05, 0) is 37.5 Å². The second-order valence-electron chi connectivity index (χ2n) is 6.72. The van der Waals surface area contributed by atoms with Crippen LogP contribution in [0.15, 0.2) is 24.3 Å². The van der Waals surface area contributed by atoms with Crippen LogP contribution in [0.4, 0.5) is 0 Å². The van der Waals surface area contributed by atoms with Crippen LogP contribution in [0.1, 0.15) is 38.7 Å².